The van der Waals surface area contributed by atoms with Gasteiger partial charge >= 0.3 is 0 Å². The second-order valence-electron chi connectivity index (χ2n) is 14.0. The summed E-state index contributed by atoms with van der Waals surface area (Å²) in [5.74, 6) is 0. The molecular weight excluding hydrogens is 701 g/mol. The van der Waals surface area contributed by atoms with E-state index in [0.29, 0.717) is 0 Å². The zero-order chi connectivity index (χ0) is 37.0. The number of hydrogen-bond acceptors (Lipinski definition) is 4. The van der Waals surface area contributed by atoms with E-state index < -0.39 is 0 Å². The van der Waals surface area contributed by atoms with Crippen LogP contribution in [0.3, 0.4) is 0 Å². The van der Waals surface area contributed by atoms with Crippen molar-refractivity contribution in [3.8, 4) is 67.0 Å². The first-order chi connectivity index (χ1) is 27.8. The van der Waals surface area contributed by atoms with Crippen LogP contribution in [0, 0.1) is 0 Å². The zero-order valence-electron chi connectivity index (χ0n) is 30.1. The molecule has 1 N–H and O–H groups in total. The molecule has 262 valence electrons. The lowest BCUT2D eigenvalue weighted by Crippen LogP contribution is -2.02. The van der Waals surface area contributed by atoms with E-state index in [1.54, 1.807) is 0 Å². The van der Waals surface area contributed by atoms with Gasteiger partial charge in [-0.05, 0) is 56.8 Å². The van der Waals surface area contributed by atoms with Gasteiger partial charge in [-0.15, -0.1) is 21.5 Å². The summed E-state index contributed by atoms with van der Waals surface area (Å²) in [5, 5.41) is 19.4. The normalized spacial score (nSPS) is 11.6. The number of fused-ring (bicyclic) bond motifs is 6. The van der Waals surface area contributed by atoms with Gasteiger partial charge in [0.1, 0.15) is 11.4 Å². The molecule has 0 atom stereocenters. The van der Waals surface area contributed by atoms with Crippen LogP contribution < -0.4 is 0 Å². The standard InChI is InChI=1S/C51H32N4S/c1-2-16-32(17-3-1)33-18-4-5-19-34(33)35-20-7-9-24-40(35)50-48(51(54-55-53-50)43-28-15-31-46-47(43)42-25-11-13-30-45(42)56-46)38-23-8-6-21-36(38)39-26-14-27-41-37-22-10-12-29-44(37)52-49(39)41/h1-31,52H. The van der Waals surface area contributed by atoms with E-state index in [1.807, 2.05) is 11.3 Å². The van der Waals surface area contributed by atoms with Crippen molar-refractivity contribution in [2.24, 2.45) is 0 Å². The molecule has 0 unspecified atom stereocenters. The lowest BCUT2D eigenvalue weighted by atomic mass is 9.85. The predicted octanol–water partition coefficient (Wildman–Crippen LogP) is 13.9. The summed E-state index contributed by atoms with van der Waals surface area (Å²) >= 11 is 1.81. The fraction of sp³-hybridized carbons (Fsp3) is 0. The summed E-state index contributed by atoms with van der Waals surface area (Å²) in [6.07, 6.45) is 0. The Morgan fingerprint density at radius 2 is 0.875 bits per heavy atom. The number of nitrogens with zero attached hydrogens (tertiary/aromatic N) is 3. The van der Waals surface area contributed by atoms with Gasteiger partial charge < -0.3 is 4.98 Å². The average molecular weight is 733 g/mol. The largest absolute Gasteiger partial charge is 0.354 e. The van der Waals surface area contributed by atoms with Gasteiger partial charge in [-0.2, -0.15) is 0 Å². The molecule has 0 aliphatic heterocycles. The van der Waals surface area contributed by atoms with Crippen molar-refractivity contribution < 1.29 is 0 Å². The van der Waals surface area contributed by atoms with Crippen LogP contribution >= 0.6 is 11.3 Å². The maximum atomic E-state index is 5.00. The maximum Gasteiger partial charge on any atom is 0.105 e. The monoisotopic (exact) mass is 732 g/mol. The molecule has 3 heterocycles. The molecule has 5 heteroatoms. The first-order valence-corrected chi connectivity index (χ1v) is 19.6. The topological polar surface area (TPSA) is 54.5 Å². The molecule has 0 aliphatic rings. The Bertz CT molecular complexity index is 3270. The number of para-hydroxylation sites is 2. The molecule has 0 amide bonds. The lowest BCUT2D eigenvalue weighted by Gasteiger charge is -2.20. The second kappa shape index (κ2) is 13.3. The first-order valence-electron chi connectivity index (χ1n) is 18.8. The zero-order valence-corrected chi connectivity index (χ0v) is 31.0. The van der Waals surface area contributed by atoms with Gasteiger partial charge in [0.2, 0.25) is 0 Å². The summed E-state index contributed by atoms with van der Waals surface area (Å²) in [5.41, 5.74) is 14.5. The number of nitrogens with one attached hydrogen (secondary N) is 1. The van der Waals surface area contributed by atoms with Gasteiger partial charge in [-0.1, -0.05) is 170 Å². The van der Waals surface area contributed by atoms with Gasteiger partial charge in [0.25, 0.3) is 0 Å². The molecule has 11 aromatic rings. The summed E-state index contributed by atoms with van der Waals surface area (Å²) in [4.78, 5) is 3.77. The number of hydrogen-bond donors (Lipinski definition) is 1. The highest BCUT2D eigenvalue weighted by molar-refractivity contribution is 7.25. The Morgan fingerprint density at radius 1 is 0.357 bits per heavy atom. The minimum atomic E-state index is 0.779. The number of H-pyrrole nitrogens is 1. The van der Waals surface area contributed by atoms with Crippen LogP contribution in [0.5, 0.6) is 0 Å². The van der Waals surface area contributed by atoms with Crippen LogP contribution in [-0.4, -0.2) is 20.4 Å². The molecule has 0 radical (unpaired) electrons. The highest BCUT2D eigenvalue weighted by atomic mass is 32.1. The van der Waals surface area contributed by atoms with Crippen LogP contribution in [-0.2, 0) is 0 Å². The van der Waals surface area contributed by atoms with Crippen molar-refractivity contribution in [1.29, 1.82) is 0 Å². The van der Waals surface area contributed by atoms with Crippen molar-refractivity contribution in [3.63, 3.8) is 0 Å². The van der Waals surface area contributed by atoms with E-state index in [0.717, 1.165) is 78.1 Å². The fourth-order valence-corrected chi connectivity index (χ4v) is 9.61. The molecule has 3 aromatic heterocycles. The minimum Gasteiger partial charge on any atom is -0.354 e. The summed E-state index contributed by atoms with van der Waals surface area (Å²) in [6, 6.07) is 66.8. The molecule has 11 rings (SSSR count). The average Bonchev–Trinajstić information content (AvgIpc) is 3.85. The Hall–Kier alpha value is -7.21. The number of thiophene rings is 1. The Labute approximate surface area is 327 Å². The van der Waals surface area contributed by atoms with E-state index in [9.17, 15) is 0 Å². The van der Waals surface area contributed by atoms with Gasteiger partial charge in [0.05, 0.1) is 5.52 Å². The highest BCUT2D eigenvalue weighted by Gasteiger charge is 2.26. The smallest absolute Gasteiger partial charge is 0.105 e. The van der Waals surface area contributed by atoms with Crippen molar-refractivity contribution >= 4 is 53.3 Å². The summed E-state index contributed by atoms with van der Waals surface area (Å²) < 4.78 is 2.45. The van der Waals surface area contributed by atoms with Gasteiger partial charge in [0, 0.05) is 58.7 Å². The van der Waals surface area contributed by atoms with Crippen molar-refractivity contribution in [1.82, 2.24) is 20.4 Å². The highest BCUT2D eigenvalue weighted by Crippen LogP contribution is 2.48. The SMILES string of the molecule is c1ccc(-c2ccccc2-c2ccccc2-c2nnnc(-c3cccc4sc5ccccc5c34)c2-c2ccccc2-c2cccc3c2[nH]c2ccccc23)cc1. The van der Waals surface area contributed by atoms with E-state index in [2.05, 4.69) is 198 Å². The number of rotatable bonds is 6. The molecule has 56 heavy (non-hydrogen) atoms. The minimum absolute atomic E-state index is 0.779. The third kappa shape index (κ3) is 5.17. The third-order valence-corrected chi connectivity index (χ3v) is 12.1. The van der Waals surface area contributed by atoms with Crippen molar-refractivity contribution in [2.75, 3.05) is 0 Å². The molecule has 0 saturated heterocycles. The van der Waals surface area contributed by atoms with E-state index >= 15 is 0 Å². The van der Waals surface area contributed by atoms with Crippen molar-refractivity contribution in [2.45, 2.75) is 0 Å². The fourth-order valence-electron chi connectivity index (χ4n) is 8.47. The Balaban J connectivity index is 1.24. The van der Waals surface area contributed by atoms with Crippen LogP contribution in [0.1, 0.15) is 0 Å². The van der Waals surface area contributed by atoms with Crippen LogP contribution in [0.15, 0.2) is 188 Å². The van der Waals surface area contributed by atoms with Crippen LogP contribution in [0.25, 0.3) is 109 Å². The van der Waals surface area contributed by atoms with Gasteiger partial charge in [-0.25, -0.2) is 0 Å². The molecule has 4 nitrogen and oxygen atoms in total. The van der Waals surface area contributed by atoms with E-state index in [-0.39, 0.29) is 0 Å². The molecule has 0 aliphatic carbocycles. The second-order valence-corrected chi connectivity index (χ2v) is 15.1. The first kappa shape index (κ1) is 32.2. The van der Waals surface area contributed by atoms with Crippen LogP contribution in [0.4, 0.5) is 0 Å². The van der Waals surface area contributed by atoms with E-state index in [1.165, 1.54) is 30.9 Å². The molecular formula is C51H32N4S. The molecule has 0 fully saturated rings. The van der Waals surface area contributed by atoms with Crippen LogP contribution in [0.2, 0.25) is 0 Å². The molecule has 8 aromatic carbocycles. The van der Waals surface area contributed by atoms with E-state index in [4.69, 9.17) is 10.2 Å². The number of benzene rings is 8. The maximum absolute atomic E-state index is 5.00. The molecule has 0 spiro atoms. The molecule has 0 saturated carbocycles. The molecule has 0 bridgehead atoms. The third-order valence-electron chi connectivity index (χ3n) is 10.9. The number of aromatic nitrogens is 4. The quantitative estimate of drug-likeness (QED) is 0.185. The van der Waals surface area contributed by atoms with Gasteiger partial charge in [-0.3, -0.25) is 0 Å². The lowest BCUT2D eigenvalue weighted by molar-refractivity contribution is 0.879. The predicted molar refractivity (Wildman–Crippen MR) is 235 cm³/mol. The summed E-state index contributed by atoms with van der Waals surface area (Å²) in [7, 11) is 0. The number of aromatic amines is 1. The summed E-state index contributed by atoms with van der Waals surface area (Å²) in [6.45, 7) is 0. The Morgan fingerprint density at radius 3 is 1.68 bits per heavy atom. The Kier molecular flexibility index (Phi) is 7.64. The van der Waals surface area contributed by atoms with Gasteiger partial charge in [0.15, 0.2) is 0 Å². The van der Waals surface area contributed by atoms with Crippen molar-refractivity contribution in [3.05, 3.63) is 188 Å².